The van der Waals surface area contributed by atoms with Gasteiger partial charge in [0, 0.05) is 4.47 Å². The first kappa shape index (κ1) is 13.2. The number of furan rings is 1. The van der Waals surface area contributed by atoms with Gasteiger partial charge in [-0.05, 0) is 37.6 Å². The molecule has 0 fully saturated rings. The standard InChI is InChI=1S/C13H10BrClO3/c1-7-5-9(14)6-11(15)12(7)18-13(16)10-3-4-17-8(10)2/h3-6H,1-2H3. The van der Waals surface area contributed by atoms with E-state index in [9.17, 15) is 4.79 Å². The summed E-state index contributed by atoms with van der Waals surface area (Å²) in [6, 6.07) is 5.08. The van der Waals surface area contributed by atoms with Crippen LogP contribution in [-0.2, 0) is 0 Å². The Labute approximate surface area is 118 Å². The van der Waals surface area contributed by atoms with Gasteiger partial charge >= 0.3 is 5.97 Å². The maximum Gasteiger partial charge on any atom is 0.347 e. The van der Waals surface area contributed by atoms with Gasteiger partial charge < -0.3 is 9.15 Å². The van der Waals surface area contributed by atoms with Crippen LogP contribution in [0.15, 0.2) is 33.4 Å². The summed E-state index contributed by atoms with van der Waals surface area (Å²) >= 11 is 9.37. The first-order valence-corrected chi connectivity index (χ1v) is 6.38. The summed E-state index contributed by atoms with van der Waals surface area (Å²) in [5, 5.41) is 0.386. The Morgan fingerprint density at radius 1 is 1.39 bits per heavy atom. The Kier molecular flexibility index (Phi) is 3.78. The molecule has 1 aromatic heterocycles. The number of carbonyl (C=O) groups excluding carboxylic acids is 1. The Balaban J connectivity index is 2.31. The zero-order valence-electron chi connectivity index (χ0n) is 9.79. The summed E-state index contributed by atoms with van der Waals surface area (Å²) in [4.78, 5) is 11.9. The van der Waals surface area contributed by atoms with Crippen LogP contribution in [0.3, 0.4) is 0 Å². The van der Waals surface area contributed by atoms with Gasteiger partial charge in [0.25, 0.3) is 0 Å². The lowest BCUT2D eigenvalue weighted by Crippen LogP contribution is -2.10. The highest BCUT2D eigenvalue weighted by Crippen LogP contribution is 2.32. The van der Waals surface area contributed by atoms with Gasteiger partial charge in [-0.1, -0.05) is 27.5 Å². The van der Waals surface area contributed by atoms with Gasteiger partial charge in [-0.25, -0.2) is 4.79 Å². The minimum Gasteiger partial charge on any atom is -0.469 e. The van der Waals surface area contributed by atoms with Crippen LogP contribution in [0.5, 0.6) is 5.75 Å². The fourth-order valence-electron chi connectivity index (χ4n) is 1.56. The Morgan fingerprint density at radius 2 is 2.11 bits per heavy atom. The summed E-state index contributed by atoms with van der Waals surface area (Å²) in [5.74, 6) is 0.407. The van der Waals surface area contributed by atoms with Gasteiger partial charge in [-0.2, -0.15) is 0 Å². The third kappa shape index (κ3) is 2.60. The van der Waals surface area contributed by atoms with Crippen molar-refractivity contribution in [3.8, 4) is 5.75 Å². The summed E-state index contributed by atoms with van der Waals surface area (Å²) in [6.45, 7) is 3.52. The third-order valence-electron chi connectivity index (χ3n) is 2.47. The predicted molar refractivity (Wildman–Crippen MR) is 72.3 cm³/mol. The zero-order valence-corrected chi connectivity index (χ0v) is 12.1. The van der Waals surface area contributed by atoms with E-state index in [-0.39, 0.29) is 0 Å². The zero-order chi connectivity index (χ0) is 13.3. The molecule has 0 aliphatic heterocycles. The van der Waals surface area contributed by atoms with E-state index >= 15 is 0 Å². The molecule has 0 unspecified atom stereocenters. The fraction of sp³-hybridized carbons (Fsp3) is 0.154. The molecular weight excluding hydrogens is 319 g/mol. The number of esters is 1. The van der Waals surface area contributed by atoms with Gasteiger partial charge in [0.1, 0.15) is 11.3 Å². The lowest BCUT2D eigenvalue weighted by atomic mass is 10.2. The van der Waals surface area contributed by atoms with Crippen LogP contribution >= 0.6 is 27.5 Å². The predicted octanol–water partition coefficient (Wildman–Crippen LogP) is 4.53. The van der Waals surface area contributed by atoms with E-state index in [0.717, 1.165) is 10.0 Å². The summed E-state index contributed by atoms with van der Waals surface area (Å²) in [5.41, 5.74) is 1.18. The second-order valence-electron chi connectivity index (χ2n) is 3.81. The first-order valence-electron chi connectivity index (χ1n) is 5.21. The molecule has 94 valence electrons. The number of rotatable bonds is 2. The lowest BCUT2D eigenvalue weighted by molar-refractivity contribution is 0.0732. The molecule has 0 aliphatic rings. The SMILES string of the molecule is Cc1cc(Br)cc(Cl)c1OC(=O)c1ccoc1C. The van der Waals surface area contributed by atoms with Crippen LogP contribution in [0.4, 0.5) is 0 Å². The van der Waals surface area contributed by atoms with Crippen molar-refractivity contribution in [3.05, 3.63) is 50.8 Å². The van der Waals surface area contributed by atoms with E-state index in [2.05, 4.69) is 15.9 Å². The number of hydrogen-bond donors (Lipinski definition) is 0. The van der Waals surface area contributed by atoms with Gasteiger partial charge in [-0.15, -0.1) is 0 Å². The molecule has 0 aliphatic carbocycles. The molecule has 0 saturated heterocycles. The number of hydrogen-bond acceptors (Lipinski definition) is 3. The molecule has 0 saturated carbocycles. The molecule has 1 aromatic carbocycles. The van der Waals surface area contributed by atoms with Crippen molar-refractivity contribution in [2.24, 2.45) is 0 Å². The van der Waals surface area contributed by atoms with E-state index in [4.69, 9.17) is 20.8 Å². The molecule has 2 rings (SSSR count). The molecule has 5 heteroatoms. The van der Waals surface area contributed by atoms with Crippen molar-refractivity contribution >= 4 is 33.5 Å². The maximum absolute atomic E-state index is 11.9. The molecule has 0 amide bonds. The Hall–Kier alpha value is -1.26. The molecule has 3 nitrogen and oxygen atoms in total. The molecule has 0 bridgehead atoms. The number of aryl methyl sites for hydroxylation is 2. The van der Waals surface area contributed by atoms with Crippen LogP contribution in [0, 0.1) is 13.8 Å². The Bertz CT molecular complexity index is 581. The second kappa shape index (κ2) is 5.16. The van der Waals surface area contributed by atoms with Crippen LogP contribution in [0.1, 0.15) is 21.7 Å². The molecule has 0 atom stereocenters. The van der Waals surface area contributed by atoms with Crippen molar-refractivity contribution in [1.82, 2.24) is 0 Å². The highest BCUT2D eigenvalue weighted by Gasteiger charge is 2.17. The van der Waals surface area contributed by atoms with E-state index in [1.165, 1.54) is 6.26 Å². The van der Waals surface area contributed by atoms with Crippen LogP contribution in [-0.4, -0.2) is 5.97 Å². The third-order valence-corrected chi connectivity index (χ3v) is 3.21. The monoisotopic (exact) mass is 328 g/mol. The minimum atomic E-state index is -0.478. The van der Waals surface area contributed by atoms with Crippen LogP contribution in [0.25, 0.3) is 0 Å². The van der Waals surface area contributed by atoms with E-state index < -0.39 is 5.97 Å². The highest BCUT2D eigenvalue weighted by atomic mass is 79.9. The topological polar surface area (TPSA) is 39.4 Å². The number of carbonyl (C=O) groups is 1. The molecule has 0 N–H and O–H groups in total. The second-order valence-corrected chi connectivity index (χ2v) is 5.14. The summed E-state index contributed by atoms with van der Waals surface area (Å²) in [6.07, 6.45) is 1.45. The molecule has 2 aromatic rings. The lowest BCUT2D eigenvalue weighted by Gasteiger charge is -2.09. The van der Waals surface area contributed by atoms with Gasteiger partial charge in [-0.3, -0.25) is 0 Å². The van der Waals surface area contributed by atoms with E-state index in [1.807, 2.05) is 13.0 Å². The average Bonchev–Trinajstić information content (AvgIpc) is 2.69. The maximum atomic E-state index is 11.9. The van der Waals surface area contributed by atoms with E-state index in [1.54, 1.807) is 19.1 Å². The molecular formula is C13H10BrClO3. The minimum absolute atomic E-state index is 0.366. The smallest absolute Gasteiger partial charge is 0.347 e. The van der Waals surface area contributed by atoms with Crippen LogP contribution in [0.2, 0.25) is 5.02 Å². The normalized spacial score (nSPS) is 10.4. The number of halogens is 2. The van der Waals surface area contributed by atoms with Crippen molar-refractivity contribution in [2.75, 3.05) is 0 Å². The highest BCUT2D eigenvalue weighted by molar-refractivity contribution is 9.10. The van der Waals surface area contributed by atoms with Crippen molar-refractivity contribution in [2.45, 2.75) is 13.8 Å². The largest absolute Gasteiger partial charge is 0.469 e. The molecule has 1 heterocycles. The summed E-state index contributed by atoms with van der Waals surface area (Å²) in [7, 11) is 0. The van der Waals surface area contributed by atoms with Crippen molar-refractivity contribution < 1.29 is 13.9 Å². The van der Waals surface area contributed by atoms with Gasteiger partial charge in [0.2, 0.25) is 0 Å². The molecule has 0 radical (unpaired) electrons. The average molecular weight is 330 g/mol. The van der Waals surface area contributed by atoms with E-state index in [0.29, 0.717) is 22.1 Å². The molecule has 0 spiro atoms. The number of ether oxygens (including phenoxy) is 1. The first-order chi connectivity index (χ1) is 8.49. The van der Waals surface area contributed by atoms with Gasteiger partial charge in [0.15, 0.2) is 5.75 Å². The summed E-state index contributed by atoms with van der Waals surface area (Å²) < 4.78 is 11.2. The van der Waals surface area contributed by atoms with Gasteiger partial charge in [0.05, 0.1) is 11.3 Å². The van der Waals surface area contributed by atoms with Crippen molar-refractivity contribution in [1.29, 1.82) is 0 Å². The Morgan fingerprint density at radius 3 is 2.67 bits per heavy atom. The van der Waals surface area contributed by atoms with Crippen LogP contribution < -0.4 is 4.74 Å². The fourth-order valence-corrected chi connectivity index (χ4v) is 2.57. The quantitative estimate of drug-likeness (QED) is 0.600. The van der Waals surface area contributed by atoms with Crippen molar-refractivity contribution in [3.63, 3.8) is 0 Å². The molecule has 18 heavy (non-hydrogen) atoms. The number of benzene rings is 1.